The van der Waals surface area contributed by atoms with E-state index in [4.69, 9.17) is 5.11 Å². The molecule has 0 spiro atoms. The average Bonchev–Trinajstić information content (AvgIpc) is 2.22. The zero-order valence-corrected chi connectivity index (χ0v) is 9.65. The fourth-order valence-electron chi connectivity index (χ4n) is 1.22. The number of rotatable bonds is 5. The van der Waals surface area contributed by atoms with Crippen molar-refractivity contribution in [3.63, 3.8) is 0 Å². The summed E-state index contributed by atoms with van der Waals surface area (Å²) in [6.07, 6.45) is 0. The van der Waals surface area contributed by atoms with Gasteiger partial charge in [0.15, 0.2) is 0 Å². The number of nitrogens with zero attached hydrogens (tertiary/aromatic N) is 2. The van der Waals surface area contributed by atoms with Gasteiger partial charge in [-0.2, -0.15) is 0 Å². The zero-order chi connectivity index (χ0) is 12.8. The van der Waals surface area contributed by atoms with E-state index in [1.54, 1.807) is 13.0 Å². The predicted octanol–water partition coefficient (Wildman–Crippen LogP) is -0.294. The molecule has 1 amide bonds. The summed E-state index contributed by atoms with van der Waals surface area (Å²) >= 11 is 0. The molecule has 0 radical (unpaired) electrons. The summed E-state index contributed by atoms with van der Waals surface area (Å²) in [4.78, 5) is 29.6. The number of hydrogen-bond acceptors (Lipinski definition) is 5. The second-order valence-electron chi connectivity index (χ2n) is 3.47. The molecule has 0 bridgehead atoms. The molecule has 0 aliphatic rings. The van der Waals surface area contributed by atoms with Gasteiger partial charge in [0.25, 0.3) is 0 Å². The van der Waals surface area contributed by atoms with E-state index in [9.17, 15) is 9.59 Å². The van der Waals surface area contributed by atoms with Gasteiger partial charge >= 0.3 is 5.97 Å². The summed E-state index contributed by atoms with van der Waals surface area (Å²) in [5.74, 6) is -0.327. The van der Waals surface area contributed by atoms with Crippen LogP contribution in [0.2, 0.25) is 0 Å². The maximum atomic E-state index is 11.2. The number of anilines is 1. The van der Waals surface area contributed by atoms with Gasteiger partial charge in [-0.25, -0.2) is 9.97 Å². The van der Waals surface area contributed by atoms with Crippen LogP contribution in [0.3, 0.4) is 0 Å². The van der Waals surface area contributed by atoms with Crippen LogP contribution in [-0.4, -0.2) is 40.0 Å². The molecule has 0 atom stereocenters. The molecule has 0 saturated carbocycles. The van der Waals surface area contributed by atoms with Crippen LogP contribution in [0.15, 0.2) is 6.07 Å². The minimum atomic E-state index is -1.08. The van der Waals surface area contributed by atoms with Crippen LogP contribution >= 0.6 is 0 Å². The Hall–Kier alpha value is -2.18. The third-order valence-electron chi connectivity index (χ3n) is 1.83. The van der Waals surface area contributed by atoms with E-state index in [0.29, 0.717) is 11.6 Å². The lowest BCUT2D eigenvalue weighted by Gasteiger charge is -2.06. The SMILES string of the molecule is Cc1cc(NCC(=O)NCC(=O)O)nc(C)n1. The summed E-state index contributed by atoms with van der Waals surface area (Å²) in [5, 5.41) is 13.4. The molecule has 17 heavy (non-hydrogen) atoms. The molecular weight excluding hydrogens is 224 g/mol. The van der Waals surface area contributed by atoms with Crippen molar-refractivity contribution in [2.24, 2.45) is 0 Å². The van der Waals surface area contributed by atoms with Crippen LogP contribution in [0, 0.1) is 13.8 Å². The van der Waals surface area contributed by atoms with E-state index >= 15 is 0 Å². The van der Waals surface area contributed by atoms with Crippen molar-refractivity contribution in [3.8, 4) is 0 Å². The second-order valence-corrected chi connectivity index (χ2v) is 3.47. The molecule has 0 aromatic carbocycles. The van der Waals surface area contributed by atoms with Crippen LogP contribution in [0.25, 0.3) is 0 Å². The van der Waals surface area contributed by atoms with Crippen LogP contribution in [0.1, 0.15) is 11.5 Å². The topological polar surface area (TPSA) is 104 Å². The molecule has 0 fully saturated rings. The van der Waals surface area contributed by atoms with Crippen molar-refractivity contribution in [3.05, 3.63) is 17.6 Å². The van der Waals surface area contributed by atoms with E-state index < -0.39 is 11.9 Å². The Balaban J connectivity index is 2.44. The normalized spacial score (nSPS) is 9.76. The Morgan fingerprint density at radius 2 is 2.00 bits per heavy atom. The van der Waals surface area contributed by atoms with Gasteiger partial charge in [-0.1, -0.05) is 0 Å². The van der Waals surface area contributed by atoms with Crippen molar-refractivity contribution in [1.29, 1.82) is 0 Å². The van der Waals surface area contributed by atoms with Crippen LogP contribution in [0.4, 0.5) is 5.82 Å². The molecule has 0 aliphatic heterocycles. The molecule has 7 nitrogen and oxygen atoms in total. The lowest BCUT2D eigenvalue weighted by Crippen LogP contribution is -2.34. The number of nitrogens with one attached hydrogen (secondary N) is 2. The number of hydrogen-bond donors (Lipinski definition) is 3. The van der Waals surface area contributed by atoms with Crippen molar-refractivity contribution in [1.82, 2.24) is 15.3 Å². The summed E-state index contributed by atoms with van der Waals surface area (Å²) < 4.78 is 0. The van der Waals surface area contributed by atoms with Gasteiger partial charge in [-0.15, -0.1) is 0 Å². The number of carbonyl (C=O) groups excluding carboxylic acids is 1. The number of amides is 1. The largest absolute Gasteiger partial charge is 0.480 e. The molecule has 3 N–H and O–H groups in total. The Kier molecular flexibility index (Phi) is 4.38. The van der Waals surface area contributed by atoms with Gasteiger partial charge in [-0.05, 0) is 13.8 Å². The van der Waals surface area contributed by atoms with Crippen molar-refractivity contribution in [2.75, 3.05) is 18.4 Å². The van der Waals surface area contributed by atoms with Gasteiger partial charge in [0, 0.05) is 11.8 Å². The highest BCUT2D eigenvalue weighted by molar-refractivity contribution is 5.84. The third kappa shape index (κ3) is 4.92. The number of aryl methyl sites for hydroxylation is 2. The number of carbonyl (C=O) groups is 2. The first-order chi connectivity index (χ1) is 7.97. The molecule has 0 saturated heterocycles. The highest BCUT2D eigenvalue weighted by atomic mass is 16.4. The van der Waals surface area contributed by atoms with Crippen LogP contribution in [-0.2, 0) is 9.59 Å². The van der Waals surface area contributed by atoms with Gasteiger partial charge in [0.2, 0.25) is 5.91 Å². The quantitative estimate of drug-likeness (QED) is 0.651. The van der Waals surface area contributed by atoms with Gasteiger partial charge in [-0.3, -0.25) is 9.59 Å². The summed E-state index contributed by atoms with van der Waals surface area (Å²) in [6.45, 7) is 3.17. The smallest absolute Gasteiger partial charge is 0.322 e. The molecule has 0 aliphatic carbocycles. The Bertz CT molecular complexity index is 413. The molecule has 1 heterocycles. The summed E-state index contributed by atoms with van der Waals surface area (Å²) in [6, 6.07) is 1.71. The number of aliphatic carboxylic acids is 1. The first-order valence-electron chi connectivity index (χ1n) is 5.02. The lowest BCUT2D eigenvalue weighted by molar-refractivity contribution is -0.137. The number of carboxylic acid groups (broad SMARTS) is 1. The van der Waals surface area contributed by atoms with Gasteiger partial charge in [0.1, 0.15) is 18.2 Å². The van der Waals surface area contributed by atoms with Crippen LogP contribution in [0.5, 0.6) is 0 Å². The Morgan fingerprint density at radius 3 is 2.59 bits per heavy atom. The van der Waals surface area contributed by atoms with Crippen molar-refractivity contribution < 1.29 is 14.7 Å². The van der Waals surface area contributed by atoms with Crippen molar-refractivity contribution >= 4 is 17.7 Å². The minimum absolute atomic E-state index is 0.0246. The first kappa shape index (κ1) is 12.9. The van der Waals surface area contributed by atoms with E-state index in [0.717, 1.165) is 5.69 Å². The number of carboxylic acids is 1. The standard InChI is InChI=1S/C10H14N4O3/c1-6-3-8(14-7(2)13-6)11-4-9(15)12-5-10(16)17/h3H,4-5H2,1-2H3,(H,12,15)(H,16,17)(H,11,13,14). The minimum Gasteiger partial charge on any atom is -0.480 e. The molecule has 92 valence electrons. The monoisotopic (exact) mass is 238 g/mol. The Labute approximate surface area is 98.3 Å². The van der Waals surface area contributed by atoms with E-state index in [1.807, 2.05) is 6.92 Å². The fraction of sp³-hybridized carbons (Fsp3) is 0.400. The summed E-state index contributed by atoms with van der Waals surface area (Å²) in [7, 11) is 0. The zero-order valence-electron chi connectivity index (χ0n) is 9.65. The molecule has 0 unspecified atom stereocenters. The average molecular weight is 238 g/mol. The third-order valence-corrected chi connectivity index (χ3v) is 1.83. The van der Waals surface area contributed by atoms with E-state index in [1.165, 1.54) is 0 Å². The summed E-state index contributed by atoms with van der Waals surface area (Å²) in [5.41, 5.74) is 0.797. The van der Waals surface area contributed by atoms with Gasteiger partial charge in [0.05, 0.1) is 6.54 Å². The second kappa shape index (κ2) is 5.78. The first-order valence-corrected chi connectivity index (χ1v) is 5.02. The maximum absolute atomic E-state index is 11.2. The fourth-order valence-corrected chi connectivity index (χ4v) is 1.22. The maximum Gasteiger partial charge on any atom is 0.322 e. The van der Waals surface area contributed by atoms with Crippen LogP contribution < -0.4 is 10.6 Å². The lowest BCUT2D eigenvalue weighted by atomic mass is 10.4. The highest BCUT2D eigenvalue weighted by Crippen LogP contribution is 2.04. The van der Waals surface area contributed by atoms with Gasteiger partial charge < -0.3 is 15.7 Å². The van der Waals surface area contributed by atoms with E-state index in [-0.39, 0.29) is 13.1 Å². The molecule has 1 aromatic rings. The molecular formula is C10H14N4O3. The molecule has 1 aromatic heterocycles. The predicted molar refractivity (Wildman–Crippen MR) is 60.6 cm³/mol. The van der Waals surface area contributed by atoms with Crippen molar-refractivity contribution in [2.45, 2.75) is 13.8 Å². The molecule has 1 rings (SSSR count). The Morgan fingerprint density at radius 1 is 1.29 bits per heavy atom. The van der Waals surface area contributed by atoms with E-state index in [2.05, 4.69) is 20.6 Å². The highest BCUT2D eigenvalue weighted by Gasteiger charge is 2.04. The molecule has 7 heteroatoms. The number of aromatic nitrogens is 2.